The van der Waals surface area contributed by atoms with Crippen molar-refractivity contribution in [3.05, 3.63) is 52.0 Å². The van der Waals surface area contributed by atoms with Crippen LogP contribution < -0.4 is 19.9 Å². The van der Waals surface area contributed by atoms with Crippen molar-refractivity contribution in [2.24, 2.45) is 5.14 Å². The number of nitrogens with one attached hydrogen (secondary N) is 1. The zero-order chi connectivity index (χ0) is 20.0. The van der Waals surface area contributed by atoms with Gasteiger partial charge in [-0.05, 0) is 78.1 Å². The largest absolute Gasteiger partial charge is 0.493 e. The van der Waals surface area contributed by atoms with E-state index in [0.29, 0.717) is 18.0 Å². The van der Waals surface area contributed by atoms with Crippen molar-refractivity contribution < 1.29 is 17.9 Å². The Labute approximate surface area is 169 Å². The summed E-state index contributed by atoms with van der Waals surface area (Å²) < 4.78 is 34.6. The highest BCUT2D eigenvalue weighted by Gasteiger charge is 2.13. The highest BCUT2D eigenvalue weighted by molar-refractivity contribution is 9.10. The minimum atomic E-state index is -3.64. The van der Waals surface area contributed by atoms with Gasteiger partial charge in [0.25, 0.3) is 0 Å². The second-order valence-corrected chi connectivity index (χ2v) is 8.81. The van der Waals surface area contributed by atoms with Crippen LogP contribution in [0.15, 0.2) is 45.8 Å². The van der Waals surface area contributed by atoms with E-state index in [-0.39, 0.29) is 11.0 Å². The Morgan fingerprint density at radius 2 is 1.81 bits per heavy atom. The number of primary sulfonamides is 1. The molecule has 2 aromatic rings. The number of nitrogens with two attached hydrogens (primary N) is 1. The fraction of sp³-hybridized carbons (Fsp3) is 0.368. The first kappa shape index (κ1) is 21.7. The zero-order valence-electron chi connectivity index (χ0n) is 15.7. The molecule has 0 radical (unpaired) electrons. The van der Waals surface area contributed by atoms with Crippen LogP contribution in [0.4, 0.5) is 0 Å². The Morgan fingerprint density at radius 1 is 1.15 bits per heavy atom. The van der Waals surface area contributed by atoms with Crippen LogP contribution in [0.3, 0.4) is 0 Å². The summed E-state index contributed by atoms with van der Waals surface area (Å²) in [5.74, 6) is 1.39. The van der Waals surface area contributed by atoms with E-state index in [0.717, 1.165) is 28.6 Å². The van der Waals surface area contributed by atoms with Gasteiger partial charge in [0.2, 0.25) is 10.0 Å². The third kappa shape index (κ3) is 6.49. The number of hydrogen-bond donors (Lipinski definition) is 2. The zero-order valence-corrected chi connectivity index (χ0v) is 18.1. The summed E-state index contributed by atoms with van der Waals surface area (Å²) in [6.07, 6.45) is 0.831. The fourth-order valence-corrected chi connectivity index (χ4v) is 3.63. The van der Waals surface area contributed by atoms with Gasteiger partial charge in [-0.25, -0.2) is 13.6 Å². The van der Waals surface area contributed by atoms with Gasteiger partial charge >= 0.3 is 0 Å². The fourth-order valence-electron chi connectivity index (χ4n) is 2.54. The summed E-state index contributed by atoms with van der Waals surface area (Å²) >= 11 is 3.54. The van der Waals surface area contributed by atoms with Gasteiger partial charge in [0.05, 0.1) is 22.6 Å². The monoisotopic (exact) mass is 456 g/mol. The van der Waals surface area contributed by atoms with Gasteiger partial charge < -0.3 is 14.8 Å². The molecule has 0 spiro atoms. The van der Waals surface area contributed by atoms with Crippen LogP contribution in [-0.2, 0) is 23.0 Å². The molecule has 0 saturated heterocycles. The molecule has 0 unspecified atom stereocenters. The number of benzene rings is 2. The van der Waals surface area contributed by atoms with Crippen molar-refractivity contribution in [2.75, 3.05) is 13.7 Å². The van der Waals surface area contributed by atoms with E-state index in [1.165, 1.54) is 12.1 Å². The molecule has 0 aliphatic rings. The molecule has 0 amide bonds. The van der Waals surface area contributed by atoms with Crippen LogP contribution in [0.2, 0.25) is 0 Å². The van der Waals surface area contributed by atoms with Crippen LogP contribution >= 0.6 is 15.9 Å². The van der Waals surface area contributed by atoms with Gasteiger partial charge in [0.1, 0.15) is 0 Å². The summed E-state index contributed by atoms with van der Waals surface area (Å²) in [6, 6.07) is 10.6. The molecule has 2 aromatic carbocycles. The number of sulfonamides is 1. The number of rotatable bonds is 9. The number of halogens is 1. The highest BCUT2D eigenvalue weighted by atomic mass is 79.9. The topological polar surface area (TPSA) is 90.6 Å². The molecule has 0 aliphatic heterocycles. The van der Waals surface area contributed by atoms with Crippen molar-refractivity contribution in [3.63, 3.8) is 0 Å². The van der Waals surface area contributed by atoms with Crippen molar-refractivity contribution >= 4 is 26.0 Å². The molecule has 8 heteroatoms. The summed E-state index contributed by atoms with van der Waals surface area (Å²) in [6.45, 7) is 5.36. The van der Waals surface area contributed by atoms with Gasteiger partial charge in [0.15, 0.2) is 11.5 Å². The van der Waals surface area contributed by atoms with Gasteiger partial charge in [-0.3, -0.25) is 0 Å². The Kier molecular flexibility index (Phi) is 7.67. The average molecular weight is 457 g/mol. The third-order valence-corrected chi connectivity index (χ3v) is 5.33. The van der Waals surface area contributed by atoms with Crippen molar-refractivity contribution in [1.29, 1.82) is 0 Å². The molecule has 6 nitrogen and oxygen atoms in total. The lowest BCUT2D eigenvalue weighted by atomic mass is 10.1. The maximum atomic E-state index is 11.3. The number of methoxy groups -OCH3 is 1. The van der Waals surface area contributed by atoms with E-state index in [1.54, 1.807) is 19.2 Å². The van der Waals surface area contributed by atoms with Crippen molar-refractivity contribution in [2.45, 2.75) is 37.8 Å². The van der Waals surface area contributed by atoms with E-state index >= 15 is 0 Å². The van der Waals surface area contributed by atoms with Gasteiger partial charge in [-0.2, -0.15) is 0 Å². The molecule has 2 rings (SSSR count). The third-order valence-electron chi connectivity index (χ3n) is 3.81. The Morgan fingerprint density at radius 3 is 2.37 bits per heavy atom. The molecule has 0 atom stereocenters. The Balaban J connectivity index is 1.92. The molecular weight excluding hydrogens is 432 g/mol. The predicted octanol–water partition coefficient (Wildman–Crippen LogP) is 3.22. The molecule has 0 fully saturated rings. The quantitative estimate of drug-likeness (QED) is 0.565. The summed E-state index contributed by atoms with van der Waals surface area (Å²) in [5.41, 5.74) is 2.11. The summed E-state index contributed by atoms with van der Waals surface area (Å²) in [7, 11) is -2.02. The van der Waals surface area contributed by atoms with Gasteiger partial charge in [-0.1, -0.05) is 12.1 Å². The van der Waals surface area contributed by atoms with E-state index < -0.39 is 10.0 Å². The van der Waals surface area contributed by atoms with Crippen molar-refractivity contribution in [1.82, 2.24) is 5.32 Å². The van der Waals surface area contributed by atoms with E-state index in [1.807, 2.05) is 26.0 Å². The first-order valence-corrected chi connectivity index (χ1v) is 10.9. The smallest absolute Gasteiger partial charge is 0.238 e. The maximum Gasteiger partial charge on any atom is 0.238 e. The first-order chi connectivity index (χ1) is 12.7. The van der Waals surface area contributed by atoms with E-state index in [2.05, 4.69) is 21.2 Å². The van der Waals surface area contributed by atoms with E-state index in [9.17, 15) is 8.42 Å². The standard InChI is InChI=1S/C19H25BrN2O4S/c1-13(2)26-19-17(20)10-15(11-18(19)25-3)12-22-9-8-14-4-6-16(7-5-14)27(21,23)24/h4-7,10-11,13,22H,8-9,12H2,1-3H3,(H2,21,23,24). The van der Waals surface area contributed by atoms with Gasteiger partial charge in [0, 0.05) is 6.54 Å². The van der Waals surface area contributed by atoms with Crippen LogP contribution in [0.5, 0.6) is 11.5 Å². The Hall–Kier alpha value is -1.61. The molecule has 148 valence electrons. The van der Waals surface area contributed by atoms with Crippen LogP contribution in [0, 0.1) is 0 Å². The van der Waals surface area contributed by atoms with Crippen LogP contribution in [0.25, 0.3) is 0 Å². The number of hydrogen-bond acceptors (Lipinski definition) is 5. The lowest BCUT2D eigenvalue weighted by Crippen LogP contribution is -2.17. The predicted molar refractivity (Wildman–Crippen MR) is 110 cm³/mol. The molecule has 0 bridgehead atoms. The Bertz CT molecular complexity index is 868. The molecule has 0 heterocycles. The SMILES string of the molecule is COc1cc(CNCCc2ccc(S(N)(=O)=O)cc2)cc(Br)c1OC(C)C. The van der Waals surface area contributed by atoms with Crippen molar-refractivity contribution in [3.8, 4) is 11.5 Å². The lowest BCUT2D eigenvalue weighted by molar-refractivity contribution is 0.228. The minimum absolute atomic E-state index is 0.0554. The van der Waals surface area contributed by atoms with Gasteiger partial charge in [-0.15, -0.1) is 0 Å². The first-order valence-electron chi connectivity index (χ1n) is 8.56. The molecule has 3 N–H and O–H groups in total. The minimum Gasteiger partial charge on any atom is -0.493 e. The lowest BCUT2D eigenvalue weighted by Gasteiger charge is -2.16. The second-order valence-electron chi connectivity index (χ2n) is 6.39. The molecular formula is C19H25BrN2O4S. The molecule has 0 aliphatic carbocycles. The normalized spacial score (nSPS) is 11.6. The van der Waals surface area contributed by atoms with Crippen LogP contribution in [-0.4, -0.2) is 28.2 Å². The molecule has 0 aromatic heterocycles. The van der Waals surface area contributed by atoms with E-state index in [4.69, 9.17) is 14.6 Å². The summed E-state index contributed by atoms with van der Waals surface area (Å²) in [5, 5.41) is 8.48. The average Bonchev–Trinajstić information content (AvgIpc) is 2.60. The van der Waals surface area contributed by atoms with Crippen LogP contribution in [0.1, 0.15) is 25.0 Å². The maximum absolute atomic E-state index is 11.3. The second kappa shape index (κ2) is 9.54. The molecule has 0 saturated carbocycles. The highest BCUT2D eigenvalue weighted by Crippen LogP contribution is 2.37. The number of ether oxygens (including phenoxy) is 2. The molecule has 27 heavy (non-hydrogen) atoms. The summed E-state index contributed by atoms with van der Waals surface area (Å²) in [4.78, 5) is 0.125.